The van der Waals surface area contributed by atoms with Crippen LogP contribution >= 0.6 is 0 Å². The van der Waals surface area contributed by atoms with Crippen molar-refractivity contribution in [2.45, 2.75) is 13.0 Å². The Morgan fingerprint density at radius 1 is 1.38 bits per heavy atom. The molecule has 1 aromatic rings. The summed E-state index contributed by atoms with van der Waals surface area (Å²) in [4.78, 5) is 22.5. The van der Waals surface area contributed by atoms with Crippen LogP contribution in [-0.2, 0) is 4.79 Å². The van der Waals surface area contributed by atoms with Crippen LogP contribution in [0.25, 0.3) is 0 Å². The first kappa shape index (κ1) is 7.98. The number of ketones is 2. The maximum absolute atomic E-state index is 11.5. The number of rotatable bonds is 1. The smallest absolute Gasteiger partial charge is 0.219 e. The summed E-state index contributed by atoms with van der Waals surface area (Å²) in [5.74, 6) is 0.0250. The Morgan fingerprint density at radius 2 is 2.08 bits per heavy atom. The number of fused-ring (bicyclic) bond motifs is 1. The van der Waals surface area contributed by atoms with Crippen LogP contribution in [0.5, 0.6) is 5.75 Å². The zero-order chi connectivity index (χ0) is 9.42. The Hall–Kier alpha value is -1.64. The van der Waals surface area contributed by atoms with Gasteiger partial charge in [-0.3, -0.25) is 9.59 Å². The molecule has 1 heterocycles. The van der Waals surface area contributed by atoms with Crippen molar-refractivity contribution in [2.75, 3.05) is 0 Å². The van der Waals surface area contributed by atoms with Gasteiger partial charge in [0.05, 0.1) is 5.56 Å². The molecule has 1 aliphatic heterocycles. The second-order valence-electron chi connectivity index (χ2n) is 2.97. The SMILES string of the molecule is CC(=O)C1Oc2ccccc2C1=O. The first-order chi connectivity index (χ1) is 6.20. The number of para-hydroxylation sites is 1. The van der Waals surface area contributed by atoms with Crippen molar-refractivity contribution < 1.29 is 14.3 Å². The molecule has 0 bridgehead atoms. The average Bonchev–Trinajstić information content (AvgIpc) is 2.45. The van der Waals surface area contributed by atoms with Gasteiger partial charge >= 0.3 is 0 Å². The number of hydrogen-bond acceptors (Lipinski definition) is 3. The van der Waals surface area contributed by atoms with Gasteiger partial charge in [0.2, 0.25) is 11.9 Å². The second-order valence-corrected chi connectivity index (χ2v) is 2.97. The van der Waals surface area contributed by atoms with Crippen LogP contribution in [0.15, 0.2) is 24.3 Å². The molecular formula is C10H8O3. The van der Waals surface area contributed by atoms with Crippen LogP contribution in [0.2, 0.25) is 0 Å². The Bertz CT molecular complexity index is 382. The summed E-state index contributed by atoms with van der Waals surface area (Å²) >= 11 is 0. The van der Waals surface area contributed by atoms with E-state index < -0.39 is 6.10 Å². The standard InChI is InChI=1S/C10H8O3/c1-6(11)10-9(12)7-4-2-3-5-8(7)13-10/h2-5,10H,1H3. The number of carbonyl (C=O) groups excluding carboxylic acids is 2. The van der Waals surface area contributed by atoms with Gasteiger partial charge in [0.15, 0.2) is 5.78 Å². The largest absolute Gasteiger partial charge is 0.474 e. The minimum Gasteiger partial charge on any atom is -0.474 e. The molecule has 1 aromatic carbocycles. The molecule has 0 amide bonds. The van der Waals surface area contributed by atoms with Crippen molar-refractivity contribution in [1.29, 1.82) is 0 Å². The molecule has 13 heavy (non-hydrogen) atoms. The van der Waals surface area contributed by atoms with Crippen LogP contribution in [0.4, 0.5) is 0 Å². The first-order valence-electron chi connectivity index (χ1n) is 4.00. The fraction of sp³-hybridized carbons (Fsp3) is 0.200. The molecular weight excluding hydrogens is 168 g/mol. The molecule has 2 rings (SSSR count). The van der Waals surface area contributed by atoms with Crippen LogP contribution in [-0.4, -0.2) is 17.7 Å². The molecule has 0 radical (unpaired) electrons. The molecule has 0 aliphatic carbocycles. The van der Waals surface area contributed by atoms with E-state index in [4.69, 9.17) is 4.74 Å². The van der Waals surface area contributed by atoms with E-state index in [0.29, 0.717) is 11.3 Å². The molecule has 0 saturated heterocycles. The highest BCUT2D eigenvalue weighted by atomic mass is 16.5. The Labute approximate surface area is 75.3 Å². The second kappa shape index (κ2) is 2.69. The van der Waals surface area contributed by atoms with E-state index in [1.165, 1.54) is 6.92 Å². The van der Waals surface area contributed by atoms with Crippen molar-refractivity contribution in [1.82, 2.24) is 0 Å². The van der Waals surface area contributed by atoms with Gasteiger partial charge in [0.25, 0.3) is 0 Å². The van der Waals surface area contributed by atoms with Gasteiger partial charge in [-0.2, -0.15) is 0 Å². The Balaban J connectivity index is 2.44. The summed E-state index contributed by atoms with van der Waals surface area (Å²) in [6.45, 7) is 1.36. The molecule has 0 aromatic heterocycles. The Kier molecular flexibility index (Phi) is 1.65. The van der Waals surface area contributed by atoms with Crippen molar-refractivity contribution in [3.63, 3.8) is 0 Å². The number of carbonyl (C=O) groups is 2. The minimum absolute atomic E-state index is 0.233. The zero-order valence-electron chi connectivity index (χ0n) is 7.11. The molecule has 1 unspecified atom stereocenters. The number of ether oxygens (including phenoxy) is 1. The van der Waals surface area contributed by atoms with E-state index in [1.54, 1.807) is 24.3 Å². The predicted octanol–water partition coefficient (Wildman–Crippen LogP) is 1.22. The normalized spacial score (nSPS) is 19.5. The van der Waals surface area contributed by atoms with E-state index >= 15 is 0 Å². The summed E-state index contributed by atoms with van der Waals surface area (Å²) in [6.07, 6.45) is -0.919. The van der Waals surface area contributed by atoms with Gasteiger partial charge in [0.1, 0.15) is 5.75 Å². The summed E-state index contributed by atoms with van der Waals surface area (Å²) < 4.78 is 5.18. The van der Waals surface area contributed by atoms with Crippen LogP contribution in [0.1, 0.15) is 17.3 Å². The third-order valence-electron chi connectivity index (χ3n) is 2.00. The average molecular weight is 176 g/mol. The van der Waals surface area contributed by atoms with Gasteiger partial charge in [-0.05, 0) is 19.1 Å². The van der Waals surface area contributed by atoms with Crippen LogP contribution in [0.3, 0.4) is 0 Å². The summed E-state index contributed by atoms with van der Waals surface area (Å²) in [7, 11) is 0. The third-order valence-corrected chi connectivity index (χ3v) is 2.00. The molecule has 0 fully saturated rings. The topological polar surface area (TPSA) is 43.4 Å². The fourth-order valence-corrected chi connectivity index (χ4v) is 1.36. The molecule has 0 N–H and O–H groups in total. The van der Waals surface area contributed by atoms with E-state index in [1.807, 2.05) is 0 Å². The molecule has 0 spiro atoms. The Morgan fingerprint density at radius 3 is 2.69 bits per heavy atom. The van der Waals surface area contributed by atoms with Crippen molar-refractivity contribution in [2.24, 2.45) is 0 Å². The van der Waals surface area contributed by atoms with Gasteiger partial charge in [0, 0.05) is 0 Å². The van der Waals surface area contributed by atoms with Crippen molar-refractivity contribution in [3.05, 3.63) is 29.8 Å². The number of hydrogen-bond donors (Lipinski definition) is 0. The molecule has 3 nitrogen and oxygen atoms in total. The van der Waals surface area contributed by atoms with E-state index in [-0.39, 0.29) is 11.6 Å². The van der Waals surface area contributed by atoms with Crippen molar-refractivity contribution >= 4 is 11.6 Å². The summed E-state index contributed by atoms with van der Waals surface area (Å²) in [5.41, 5.74) is 0.503. The van der Waals surface area contributed by atoms with Crippen LogP contribution < -0.4 is 4.74 Å². The van der Waals surface area contributed by atoms with Gasteiger partial charge in [-0.1, -0.05) is 12.1 Å². The molecule has 1 aliphatic rings. The fourth-order valence-electron chi connectivity index (χ4n) is 1.36. The van der Waals surface area contributed by atoms with E-state index in [9.17, 15) is 9.59 Å². The molecule has 0 saturated carbocycles. The highest BCUT2D eigenvalue weighted by molar-refractivity contribution is 6.16. The maximum Gasteiger partial charge on any atom is 0.219 e. The first-order valence-corrected chi connectivity index (χ1v) is 4.00. The summed E-state index contributed by atoms with van der Waals surface area (Å²) in [5, 5.41) is 0. The number of benzene rings is 1. The molecule has 1 atom stereocenters. The lowest BCUT2D eigenvalue weighted by atomic mass is 10.1. The lowest BCUT2D eigenvalue weighted by Crippen LogP contribution is -2.28. The van der Waals surface area contributed by atoms with Gasteiger partial charge < -0.3 is 4.74 Å². The molecule has 66 valence electrons. The highest BCUT2D eigenvalue weighted by Crippen LogP contribution is 2.28. The van der Waals surface area contributed by atoms with Gasteiger partial charge in [-0.25, -0.2) is 0 Å². The number of Topliss-reactive ketones (excluding diaryl/α,β-unsaturated/α-hetero) is 2. The van der Waals surface area contributed by atoms with E-state index in [2.05, 4.69) is 0 Å². The highest BCUT2D eigenvalue weighted by Gasteiger charge is 2.34. The lowest BCUT2D eigenvalue weighted by molar-refractivity contribution is -0.121. The zero-order valence-corrected chi connectivity index (χ0v) is 7.11. The quantitative estimate of drug-likeness (QED) is 0.604. The maximum atomic E-state index is 11.5. The van der Waals surface area contributed by atoms with Crippen molar-refractivity contribution in [3.8, 4) is 5.75 Å². The van der Waals surface area contributed by atoms with Gasteiger partial charge in [-0.15, -0.1) is 0 Å². The predicted molar refractivity (Wildman–Crippen MR) is 45.9 cm³/mol. The van der Waals surface area contributed by atoms with E-state index in [0.717, 1.165) is 0 Å². The minimum atomic E-state index is -0.919. The third kappa shape index (κ3) is 1.13. The monoisotopic (exact) mass is 176 g/mol. The van der Waals surface area contributed by atoms with Crippen LogP contribution in [0, 0.1) is 0 Å². The lowest BCUT2D eigenvalue weighted by Gasteiger charge is -2.02. The molecule has 3 heteroatoms. The summed E-state index contributed by atoms with van der Waals surface area (Å²) in [6, 6.07) is 6.88.